The molecule has 0 fully saturated rings. The van der Waals surface area contributed by atoms with E-state index in [2.05, 4.69) is 261 Å². The Morgan fingerprint density at radius 1 is 0.408 bits per heavy atom. The molecule has 0 N–H and O–H groups in total. The fourth-order valence-electron chi connectivity index (χ4n) is 10.6. The maximum Gasteiger partial charge on any atom is 0.198 e. The molecule has 0 spiro atoms. The Balaban J connectivity index is 1.32. The van der Waals surface area contributed by atoms with Gasteiger partial charge in [-0.1, -0.05) is 191 Å². The number of oxazole rings is 2. The smallest absolute Gasteiger partial charge is 0.198 e. The third-order valence-electron chi connectivity index (χ3n) is 14.3. The largest absolute Gasteiger partial charge is 0.440 e. The molecule has 0 bridgehead atoms. The molecule has 11 rings (SSSR count). The van der Waals surface area contributed by atoms with E-state index in [-0.39, 0.29) is 22.7 Å². The molecule has 10 aromatic rings. The lowest BCUT2D eigenvalue weighted by atomic mass is 9.67. The van der Waals surface area contributed by atoms with Crippen LogP contribution in [0.25, 0.3) is 33.3 Å². The molecule has 0 radical (unpaired) electrons. The van der Waals surface area contributed by atoms with Gasteiger partial charge in [0.15, 0.2) is 22.9 Å². The maximum atomic E-state index is 7.27. The number of para-hydroxylation sites is 2. The highest BCUT2D eigenvalue weighted by molar-refractivity contribution is 6.14. The van der Waals surface area contributed by atoms with Gasteiger partial charge in [0, 0.05) is 45.7 Å². The number of fused-ring (bicyclic) bond motifs is 7. The minimum atomic E-state index is -0.883. The van der Waals surface area contributed by atoms with Gasteiger partial charge in [0.25, 0.3) is 0 Å². The van der Waals surface area contributed by atoms with Crippen LogP contribution in [0.4, 0.5) is 34.1 Å². The van der Waals surface area contributed by atoms with Crippen molar-refractivity contribution in [3.63, 3.8) is 0 Å². The van der Waals surface area contributed by atoms with Gasteiger partial charge in [0.05, 0.1) is 16.8 Å². The van der Waals surface area contributed by atoms with E-state index in [9.17, 15) is 0 Å². The number of hydrogen-bond donors (Lipinski definition) is 0. The zero-order valence-corrected chi connectivity index (χ0v) is 42.6. The summed E-state index contributed by atoms with van der Waals surface area (Å²) in [7, 11) is 0. The molecule has 1 aliphatic rings. The number of nitrogens with zero attached hydrogens (tertiary/aromatic N) is 4. The molecule has 0 amide bonds. The highest BCUT2D eigenvalue weighted by Crippen LogP contribution is 2.63. The molecule has 6 nitrogen and oxygen atoms in total. The normalized spacial score (nSPS) is 13.3. The minimum absolute atomic E-state index is 0.0142. The van der Waals surface area contributed by atoms with Crippen molar-refractivity contribution in [2.24, 2.45) is 0 Å². The summed E-state index contributed by atoms with van der Waals surface area (Å²) in [4.78, 5) is 15.7. The summed E-state index contributed by atoms with van der Waals surface area (Å²) in [5.41, 5.74) is 16.9. The molecular formula is C65H62N4O2. The number of aromatic nitrogens is 2. The average molecular weight is 931 g/mol. The molecule has 0 saturated heterocycles. The van der Waals surface area contributed by atoms with Crippen molar-refractivity contribution in [2.75, 3.05) is 9.80 Å². The Morgan fingerprint density at radius 2 is 0.718 bits per heavy atom. The molecule has 1 aliphatic carbocycles. The van der Waals surface area contributed by atoms with Crippen LogP contribution < -0.4 is 9.80 Å². The molecular weight excluding hydrogens is 869 g/mol. The van der Waals surface area contributed by atoms with Crippen LogP contribution >= 0.6 is 0 Å². The highest BCUT2D eigenvalue weighted by atomic mass is 16.4. The molecule has 71 heavy (non-hydrogen) atoms. The number of hydrogen-bond acceptors (Lipinski definition) is 6. The SMILES string of the molecule is CC(C)c1nc2c(N(c3ccccc3)c3ccc(C(C)(C)C)cc3)cc3c(c2o1)-c1c(cc(N(c2ccccc2)c2ccc(C(C)(C)C)cc2)c2nc(C(C)C)oc12)C3(c1ccccc1)c1ccccc1. The van der Waals surface area contributed by atoms with Crippen molar-refractivity contribution in [3.8, 4) is 11.1 Å². The molecule has 0 aliphatic heterocycles. The van der Waals surface area contributed by atoms with E-state index in [1.54, 1.807) is 0 Å². The molecule has 6 heteroatoms. The summed E-state index contributed by atoms with van der Waals surface area (Å²) in [5.74, 6) is 1.37. The van der Waals surface area contributed by atoms with Crippen LogP contribution in [0, 0.1) is 0 Å². The summed E-state index contributed by atoms with van der Waals surface area (Å²) >= 11 is 0. The molecule has 8 aromatic carbocycles. The first-order valence-electron chi connectivity index (χ1n) is 25.1. The monoisotopic (exact) mass is 930 g/mol. The van der Waals surface area contributed by atoms with Crippen LogP contribution in [-0.2, 0) is 16.2 Å². The summed E-state index contributed by atoms with van der Waals surface area (Å²) in [6, 6.07) is 66.1. The Bertz CT molecular complexity index is 3290. The lowest BCUT2D eigenvalue weighted by Crippen LogP contribution is -2.29. The van der Waals surface area contributed by atoms with E-state index in [1.807, 2.05) is 0 Å². The molecule has 0 unspecified atom stereocenters. The van der Waals surface area contributed by atoms with Crippen molar-refractivity contribution < 1.29 is 8.83 Å². The predicted molar refractivity (Wildman–Crippen MR) is 294 cm³/mol. The van der Waals surface area contributed by atoms with Crippen molar-refractivity contribution in [1.29, 1.82) is 0 Å². The first-order chi connectivity index (χ1) is 34.1. The van der Waals surface area contributed by atoms with Crippen LogP contribution in [-0.4, -0.2) is 9.97 Å². The summed E-state index contributed by atoms with van der Waals surface area (Å²) in [6.45, 7) is 22.2. The van der Waals surface area contributed by atoms with E-state index in [0.717, 1.165) is 89.7 Å². The van der Waals surface area contributed by atoms with Crippen LogP contribution in [0.1, 0.15) is 126 Å². The summed E-state index contributed by atoms with van der Waals surface area (Å²) < 4.78 is 14.5. The van der Waals surface area contributed by atoms with E-state index in [4.69, 9.17) is 18.8 Å². The summed E-state index contributed by atoms with van der Waals surface area (Å²) in [5, 5.41) is 0. The van der Waals surface area contributed by atoms with Crippen molar-refractivity contribution in [3.05, 3.63) is 227 Å². The lowest BCUT2D eigenvalue weighted by Gasteiger charge is -2.35. The van der Waals surface area contributed by atoms with E-state index < -0.39 is 5.41 Å². The quantitative estimate of drug-likeness (QED) is 0.136. The van der Waals surface area contributed by atoms with E-state index in [1.165, 1.54) is 11.1 Å². The van der Waals surface area contributed by atoms with Crippen molar-refractivity contribution >= 4 is 56.3 Å². The number of benzene rings is 8. The average Bonchev–Trinajstić information content (AvgIpc) is 4.10. The van der Waals surface area contributed by atoms with Crippen LogP contribution in [0.15, 0.2) is 191 Å². The minimum Gasteiger partial charge on any atom is -0.440 e. The van der Waals surface area contributed by atoms with E-state index >= 15 is 0 Å². The van der Waals surface area contributed by atoms with Gasteiger partial charge in [-0.25, -0.2) is 9.97 Å². The van der Waals surface area contributed by atoms with Crippen molar-refractivity contribution in [1.82, 2.24) is 9.97 Å². The highest BCUT2D eigenvalue weighted by Gasteiger charge is 2.51. The fraction of sp³-hybridized carbons (Fsp3) is 0.231. The molecule has 0 atom stereocenters. The second-order valence-corrected chi connectivity index (χ2v) is 21.8. The fourth-order valence-corrected chi connectivity index (χ4v) is 10.6. The standard InChI is InChI=1S/C65H62N4O2/c1-41(2)61-66-57-53(68(47-27-19-13-20-28-47)49-35-31-43(32-36-49)63(5,6)7)39-51-55(59(57)70-61)56-52(65(51,45-23-15-11-16-24-45)46-25-17-12-18-26-46)40-54(58-60(56)71-62(67-58)42(3)4)69(48-29-21-14-22-30-48)50-37-33-44(34-38-50)64(8,9)10/h11-42H,1-10H3. The zero-order valence-electron chi connectivity index (χ0n) is 42.6. The van der Waals surface area contributed by atoms with Gasteiger partial charge in [0.2, 0.25) is 0 Å². The Hall–Kier alpha value is -7.70. The van der Waals surface area contributed by atoms with Crippen molar-refractivity contribution in [2.45, 2.75) is 97.3 Å². The number of rotatable bonds is 10. The first-order valence-corrected chi connectivity index (χ1v) is 25.1. The van der Waals surface area contributed by atoms with Gasteiger partial charge in [-0.2, -0.15) is 0 Å². The van der Waals surface area contributed by atoms with Crippen LogP contribution in [0.3, 0.4) is 0 Å². The molecule has 2 aromatic heterocycles. The number of anilines is 6. The topological polar surface area (TPSA) is 58.5 Å². The summed E-state index contributed by atoms with van der Waals surface area (Å²) in [6.07, 6.45) is 0. The maximum absolute atomic E-state index is 7.27. The first kappa shape index (κ1) is 45.7. The Labute approximate surface area is 418 Å². The van der Waals surface area contributed by atoms with Gasteiger partial charge < -0.3 is 18.6 Å². The lowest BCUT2D eigenvalue weighted by molar-refractivity contribution is 0.499. The van der Waals surface area contributed by atoms with Gasteiger partial charge >= 0.3 is 0 Å². The molecule has 0 saturated carbocycles. The Morgan fingerprint density at radius 3 is 1.03 bits per heavy atom. The van der Waals surface area contributed by atoms with Gasteiger partial charge in [0.1, 0.15) is 11.0 Å². The van der Waals surface area contributed by atoms with Crippen LogP contribution in [0.5, 0.6) is 0 Å². The zero-order chi connectivity index (χ0) is 49.4. The predicted octanol–water partition coefficient (Wildman–Crippen LogP) is 18.1. The third-order valence-corrected chi connectivity index (χ3v) is 14.3. The molecule has 354 valence electrons. The second-order valence-electron chi connectivity index (χ2n) is 21.8. The van der Waals surface area contributed by atoms with Gasteiger partial charge in [-0.05, 0) is 105 Å². The molecule has 2 heterocycles. The van der Waals surface area contributed by atoms with Gasteiger partial charge in [-0.3, -0.25) is 0 Å². The third kappa shape index (κ3) is 7.63. The second kappa shape index (κ2) is 17.3. The van der Waals surface area contributed by atoms with E-state index in [0.29, 0.717) is 11.8 Å². The van der Waals surface area contributed by atoms with Gasteiger partial charge in [-0.15, -0.1) is 0 Å². The Kier molecular flexibility index (Phi) is 11.1. The van der Waals surface area contributed by atoms with Crippen LogP contribution in [0.2, 0.25) is 0 Å².